The van der Waals surface area contributed by atoms with Gasteiger partial charge in [0, 0.05) is 13.2 Å². The number of rotatable bonds is 2. The van der Waals surface area contributed by atoms with Crippen LogP contribution in [0.25, 0.3) is 0 Å². The van der Waals surface area contributed by atoms with Crippen molar-refractivity contribution in [2.45, 2.75) is 51.7 Å². The third-order valence-corrected chi connectivity index (χ3v) is 3.04. The zero-order chi connectivity index (χ0) is 15.4. The van der Waals surface area contributed by atoms with E-state index in [-0.39, 0.29) is 11.7 Å². The van der Waals surface area contributed by atoms with Crippen molar-refractivity contribution in [3.05, 3.63) is 0 Å². The molecule has 1 aliphatic rings. The molecule has 0 radical (unpaired) electrons. The van der Waals surface area contributed by atoms with Crippen LogP contribution in [-0.4, -0.2) is 64.6 Å². The summed E-state index contributed by atoms with van der Waals surface area (Å²) in [4.78, 5) is 0. The van der Waals surface area contributed by atoms with E-state index in [1.54, 1.807) is 0 Å². The average molecular weight is 304 g/mol. The first-order chi connectivity index (χ1) is 10.1. The van der Waals surface area contributed by atoms with Crippen LogP contribution < -0.4 is 0 Å². The molecule has 0 bridgehead atoms. The summed E-state index contributed by atoms with van der Waals surface area (Å²) in [5, 5.41) is 0. The van der Waals surface area contributed by atoms with Gasteiger partial charge in [0.05, 0.1) is 45.2 Å². The average Bonchev–Trinajstić information content (AvgIpc) is 2.43. The van der Waals surface area contributed by atoms with Gasteiger partial charge in [-0.15, -0.1) is 0 Å². The van der Waals surface area contributed by atoms with Crippen LogP contribution in [0.15, 0.2) is 0 Å². The van der Waals surface area contributed by atoms with Crippen molar-refractivity contribution >= 4 is 0 Å². The maximum atomic E-state index is 5.80. The molecule has 1 aliphatic heterocycles. The highest BCUT2D eigenvalue weighted by atomic mass is 16.6. The van der Waals surface area contributed by atoms with Crippen LogP contribution in [0.1, 0.15) is 40.0 Å². The van der Waals surface area contributed by atoms with Gasteiger partial charge in [-0.1, -0.05) is 0 Å². The first-order valence-corrected chi connectivity index (χ1v) is 8.07. The van der Waals surface area contributed by atoms with Crippen molar-refractivity contribution in [3.8, 4) is 0 Å². The van der Waals surface area contributed by atoms with E-state index in [2.05, 4.69) is 0 Å². The molecule has 5 nitrogen and oxygen atoms in total. The zero-order valence-electron chi connectivity index (χ0n) is 13.9. The Morgan fingerprint density at radius 1 is 0.810 bits per heavy atom. The summed E-state index contributed by atoms with van der Waals surface area (Å²) in [5.74, 6) is 0. The van der Waals surface area contributed by atoms with E-state index in [0.29, 0.717) is 39.6 Å². The summed E-state index contributed by atoms with van der Waals surface area (Å²) in [6, 6.07) is 0. The van der Waals surface area contributed by atoms with Gasteiger partial charge >= 0.3 is 0 Å². The summed E-state index contributed by atoms with van der Waals surface area (Å²) in [5.41, 5.74) is -0.159. The van der Waals surface area contributed by atoms with Gasteiger partial charge in [-0.05, 0) is 40.0 Å². The predicted octanol–water partition coefficient (Wildman–Crippen LogP) is 2.42. The fourth-order valence-corrected chi connectivity index (χ4v) is 1.88. The van der Waals surface area contributed by atoms with E-state index in [1.165, 1.54) is 0 Å². The number of hydrogen-bond donors (Lipinski definition) is 0. The Balaban J connectivity index is 2.29. The Morgan fingerprint density at radius 2 is 1.43 bits per heavy atom. The molecule has 1 unspecified atom stereocenters. The third-order valence-electron chi connectivity index (χ3n) is 3.04. The molecule has 0 spiro atoms. The van der Waals surface area contributed by atoms with Crippen LogP contribution in [0.2, 0.25) is 0 Å². The maximum Gasteiger partial charge on any atom is 0.104 e. The van der Waals surface area contributed by atoms with Crippen LogP contribution in [0.3, 0.4) is 0 Å². The lowest BCUT2D eigenvalue weighted by Gasteiger charge is -2.24. The number of ether oxygens (including phenoxy) is 5. The smallest absolute Gasteiger partial charge is 0.104 e. The summed E-state index contributed by atoms with van der Waals surface area (Å²) >= 11 is 0. The largest absolute Gasteiger partial charge is 0.379 e. The standard InChI is InChI=1S/C16H32O5/c1-16(2,3)21-14-15-13-19-8-6-4-5-7-17-9-10-18-11-12-20-15/h15H,4-14H2,1-3H3. The Labute approximate surface area is 129 Å². The van der Waals surface area contributed by atoms with Gasteiger partial charge in [0.25, 0.3) is 0 Å². The Kier molecular flexibility index (Phi) is 10.2. The van der Waals surface area contributed by atoms with Crippen molar-refractivity contribution in [3.63, 3.8) is 0 Å². The Hall–Kier alpha value is -0.200. The molecule has 1 atom stereocenters. The molecule has 1 rings (SSSR count). The third kappa shape index (κ3) is 12.1. The monoisotopic (exact) mass is 304 g/mol. The molecule has 126 valence electrons. The summed E-state index contributed by atoms with van der Waals surface area (Å²) < 4.78 is 28.2. The van der Waals surface area contributed by atoms with E-state index in [9.17, 15) is 0 Å². The van der Waals surface area contributed by atoms with Gasteiger partial charge in [0.15, 0.2) is 0 Å². The first kappa shape index (κ1) is 18.8. The lowest BCUT2D eigenvalue weighted by molar-refractivity contribution is -0.105. The van der Waals surface area contributed by atoms with Crippen LogP contribution in [0.5, 0.6) is 0 Å². The van der Waals surface area contributed by atoms with E-state index < -0.39 is 0 Å². The van der Waals surface area contributed by atoms with Crippen molar-refractivity contribution in [1.82, 2.24) is 0 Å². The molecule has 1 fully saturated rings. The molecule has 1 heterocycles. The highest BCUT2D eigenvalue weighted by Crippen LogP contribution is 2.09. The molecule has 0 aliphatic carbocycles. The van der Waals surface area contributed by atoms with Crippen LogP contribution in [-0.2, 0) is 23.7 Å². The fourth-order valence-electron chi connectivity index (χ4n) is 1.88. The van der Waals surface area contributed by atoms with Gasteiger partial charge in [0.2, 0.25) is 0 Å². The Bertz CT molecular complexity index is 223. The summed E-state index contributed by atoms with van der Waals surface area (Å²) in [6.45, 7) is 11.3. The highest BCUT2D eigenvalue weighted by molar-refractivity contribution is 4.63. The van der Waals surface area contributed by atoms with E-state index in [4.69, 9.17) is 23.7 Å². The molecule has 5 heteroatoms. The van der Waals surface area contributed by atoms with Gasteiger partial charge < -0.3 is 23.7 Å². The second-order valence-electron chi connectivity index (χ2n) is 6.28. The minimum Gasteiger partial charge on any atom is -0.379 e. The van der Waals surface area contributed by atoms with Gasteiger partial charge in [-0.2, -0.15) is 0 Å². The fraction of sp³-hybridized carbons (Fsp3) is 1.00. The molecular weight excluding hydrogens is 272 g/mol. The maximum absolute atomic E-state index is 5.80. The van der Waals surface area contributed by atoms with Gasteiger partial charge in [-0.3, -0.25) is 0 Å². The molecule has 21 heavy (non-hydrogen) atoms. The molecule has 1 saturated heterocycles. The van der Waals surface area contributed by atoms with Gasteiger partial charge in [0.1, 0.15) is 6.10 Å². The van der Waals surface area contributed by atoms with Crippen LogP contribution >= 0.6 is 0 Å². The molecule has 0 aromatic carbocycles. The number of hydrogen-bond acceptors (Lipinski definition) is 5. The van der Waals surface area contributed by atoms with Crippen LogP contribution in [0, 0.1) is 0 Å². The van der Waals surface area contributed by atoms with E-state index >= 15 is 0 Å². The highest BCUT2D eigenvalue weighted by Gasteiger charge is 2.16. The Morgan fingerprint density at radius 3 is 2.14 bits per heavy atom. The molecule has 0 N–H and O–H groups in total. The van der Waals surface area contributed by atoms with Crippen LogP contribution in [0.4, 0.5) is 0 Å². The molecule has 0 aromatic rings. The molecular formula is C16H32O5. The summed E-state index contributed by atoms with van der Waals surface area (Å²) in [6.07, 6.45) is 3.24. The van der Waals surface area contributed by atoms with E-state index in [0.717, 1.165) is 32.5 Å². The van der Waals surface area contributed by atoms with Crippen molar-refractivity contribution in [1.29, 1.82) is 0 Å². The predicted molar refractivity (Wildman–Crippen MR) is 81.8 cm³/mol. The van der Waals surface area contributed by atoms with Gasteiger partial charge in [-0.25, -0.2) is 0 Å². The van der Waals surface area contributed by atoms with Crippen molar-refractivity contribution in [2.24, 2.45) is 0 Å². The quantitative estimate of drug-likeness (QED) is 0.784. The minimum absolute atomic E-state index is 0.0331. The lowest BCUT2D eigenvalue weighted by atomic mass is 10.2. The lowest BCUT2D eigenvalue weighted by Crippen LogP contribution is -2.32. The van der Waals surface area contributed by atoms with Crippen molar-refractivity contribution < 1.29 is 23.7 Å². The summed E-state index contributed by atoms with van der Waals surface area (Å²) in [7, 11) is 0. The SMILES string of the molecule is CC(C)(C)OCC1COCCCCCOCCOCCO1. The zero-order valence-corrected chi connectivity index (χ0v) is 13.9. The molecule has 0 aromatic heterocycles. The normalized spacial score (nSPS) is 25.0. The second kappa shape index (κ2) is 11.4. The van der Waals surface area contributed by atoms with Crippen molar-refractivity contribution in [2.75, 3.05) is 52.9 Å². The second-order valence-corrected chi connectivity index (χ2v) is 6.28. The first-order valence-electron chi connectivity index (χ1n) is 8.07. The topological polar surface area (TPSA) is 46.2 Å². The molecule has 0 amide bonds. The molecule has 0 saturated carbocycles. The minimum atomic E-state index is -0.159. The van der Waals surface area contributed by atoms with E-state index in [1.807, 2.05) is 20.8 Å².